The van der Waals surface area contributed by atoms with Crippen LogP contribution in [0.1, 0.15) is 20.8 Å². The summed E-state index contributed by atoms with van der Waals surface area (Å²) in [5.41, 5.74) is 1.00. The van der Waals surface area contributed by atoms with Gasteiger partial charge in [-0.15, -0.1) is 0 Å². The van der Waals surface area contributed by atoms with Gasteiger partial charge >= 0.3 is 12.3 Å². The standard InChI is InChI=1S/C11H19F4NO/c1-4-16-9(5-8(2)3)6-17-7-11(14,15)10(12)13/h5,9-10,16H,4,6-7H2,1-3H3. The van der Waals surface area contributed by atoms with E-state index in [1.165, 1.54) is 0 Å². The summed E-state index contributed by atoms with van der Waals surface area (Å²) in [6.45, 7) is 4.91. The smallest absolute Gasteiger partial charge is 0.330 e. The molecule has 0 aliphatic heterocycles. The normalized spacial score (nSPS) is 13.9. The molecule has 1 unspecified atom stereocenters. The van der Waals surface area contributed by atoms with Crippen LogP contribution >= 0.6 is 0 Å². The summed E-state index contributed by atoms with van der Waals surface area (Å²) in [5.74, 6) is -4.08. The largest absolute Gasteiger partial charge is 0.373 e. The Balaban J connectivity index is 4.10. The van der Waals surface area contributed by atoms with E-state index in [4.69, 9.17) is 0 Å². The van der Waals surface area contributed by atoms with E-state index in [0.29, 0.717) is 6.54 Å². The Morgan fingerprint density at radius 2 is 1.94 bits per heavy atom. The third-order valence-electron chi connectivity index (χ3n) is 1.91. The minimum absolute atomic E-state index is 0.0542. The number of ether oxygens (including phenoxy) is 1. The summed E-state index contributed by atoms with van der Waals surface area (Å²) in [6, 6.07) is -0.238. The number of rotatable bonds is 8. The predicted molar refractivity (Wildman–Crippen MR) is 58.7 cm³/mol. The molecule has 0 aliphatic rings. The average molecular weight is 257 g/mol. The molecule has 0 aromatic rings. The van der Waals surface area contributed by atoms with Crippen molar-refractivity contribution in [2.45, 2.75) is 39.2 Å². The molecule has 0 saturated carbocycles. The Labute approximate surface area is 99.0 Å². The minimum Gasteiger partial charge on any atom is -0.373 e. The average Bonchev–Trinajstić information content (AvgIpc) is 2.16. The number of halogens is 4. The first kappa shape index (κ1) is 16.4. The van der Waals surface area contributed by atoms with E-state index >= 15 is 0 Å². The van der Waals surface area contributed by atoms with Crippen LogP contribution in [0.5, 0.6) is 0 Å². The van der Waals surface area contributed by atoms with Crippen molar-refractivity contribution in [3.8, 4) is 0 Å². The van der Waals surface area contributed by atoms with Crippen LogP contribution in [-0.2, 0) is 4.74 Å². The summed E-state index contributed by atoms with van der Waals surface area (Å²) < 4.78 is 53.4. The summed E-state index contributed by atoms with van der Waals surface area (Å²) in [4.78, 5) is 0. The van der Waals surface area contributed by atoms with E-state index < -0.39 is 19.0 Å². The van der Waals surface area contributed by atoms with E-state index in [9.17, 15) is 17.6 Å². The third kappa shape index (κ3) is 7.33. The molecule has 0 bridgehead atoms. The van der Waals surface area contributed by atoms with Gasteiger partial charge in [0.1, 0.15) is 6.61 Å². The number of alkyl halides is 4. The summed E-state index contributed by atoms with van der Waals surface area (Å²) >= 11 is 0. The van der Waals surface area contributed by atoms with Crippen LogP contribution in [0.15, 0.2) is 11.6 Å². The highest BCUT2D eigenvalue weighted by Gasteiger charge is 2.41. The van der Waals surface area contributed by atoms with Crippen molar-refractivity contribution >= 4 is 0 Å². The van der Waals surface area contributed by atoms with Gasteiger partial charge in [-0.3, -0.25) is 0 Å². The molecular formula is C11H19F4NO. The van der Waals surface area contributed by atoms with Gasteiger partial charge in [0, 0.05) is 6.04 Å². The van der Waals surface area contributed by atoms with Gasteiger partial charge in [-0.1, -0.05) is 18.6 Å². The molecule has 0 amide bonds. The highest BCUT2D eigenvalue weighted by atomic mass is 19.3. The molecule has 0 aromatic carbocycles. The fraction of sp³-hybridized carbons (Fsp3) is 0.818. The molecule has 0 aliphatic carbocycles. The van der Waals surface area contributed by atoms with E-state index in [1.54, 1.807) is 0 Å². The Morgan fingerprint density at radius 3 is 2.35 bits per heavy atom. The maximum absolute atomic E-state index is 12.5. The molecule has 0 heterocycles. The van der Waals surface area contributed by atoms with Gasteiger partial charge in [0.25, 0.3) is 0 Å². The minimum atomic E-state index is -4.08. The highest BCUT2D eigenvalue weighted by molar-refractivity contribution is 5.01. The second-order valence-electron chi connectivity index (χ2n) is 3.99. The zero-order valence-corrected chi connectivity index (χ0v) is 10.3. The second-order valence-corrected chi connectivity index (χ2v) is 3.99. The van der Waals surface area contributed by atoms with Crippen molar-refractivity contribution in [2.75, 3.05) is 19.8 Å². The fourth-order valence-corrected chi connectivity index (χ4v) is 1.22. The summed E-state index contributed by atoms with van der Waals surface area (Å²) in [6.07, 6.45) is -1.88. The number of nitrogens with one attached hydrogen (secondary N) is 1. The van der Waals surface area contributed by atoms with Crippen molar-refractivity contribution < 1.29 is 22.3 Å². The molecule has 0 fully saturated rings. The molecule has 0 saturated heterocycles. The maximum Gasteiger partial charge on any atom is 0.330 e. The van der Waals surface area contributed by atoms with Gasteiger partial charge in [-0.2, -0.15) is 8.78 Å². The van der Waals surface area contributed by atoms with E-state index in [0.717, 1.165) is 5.57 Å². The Hall–Kier alpha value is -0.620. The van der Waals surface area contributed by atoms with E-state index in [-0.39, 0.29) is 12.6 Å². The third-order valence-corrected chi connectivity index (χ3v) is 1.91. The van der Waals surface area contributed by atoms with Crippen LogP contribution in [-0.4, -0.2) is 38.1 Å². The van der Waals surface area contributed by atoms with Crippen LogP contribution < -0.4 is 5.32 Å². The topological polar surface area (TPSA) is 21.3 Å². The second kappa shape index (κ2) is 7.66. The van der Waals surface area contributed by atoms with Gasteiger partial charge in [0.15, 0.2) is 0 Å². The van der Waals surface area contributed by atoms with Crippen molar-refractivity contribution in [1.29, 1.82) is 0 Å². The van der Waals surface area contributed by atoms with Crippen molar-refractivity contribution in [3.05, 3.63) is 11.6 Å². The van der Waals surface area contributed by atoms with Crippen molar-refractivity contribution in [2.24, 2.45) is 0 Å². The molecule has 0 radical (unpaired) electrons. The first-order chi connectivity index (χ1) is 7.79. The van der Waals surface area contributed by atoms with Crippen LogP contribution in [0, 0.1) is 0 Å². The van der Waals surface area contributed by atoms with Gasteiger partial charge in [0.05, 0.1) is 6.61 Å². The summed E-state index contributed by atoms with van der Waals surface area (Å²) in [7, 11) is 0. The maximum atomic E-state index is 12.5. The van der Waals surface area contributed by atoms with Crippen LogP contribution in [0.25, 0.3) is 0 Å². The highest BCUT2D eigenvalue weighted by Crippen LogP contribution is 2.22. The Morgan fingerprint density at radius 1 is 1.35 bits per heavy atom. The van der Waals surface area contributed by atoms with E-state index in [2.05, 4.69) is 10.1 Å². The lowest BCUT2D eigenvalue weighted by Crippen LogP contribution is -2.37. The molecule has 1 N–H and O–H groups in total. The van der Waals surface area contributed by atoms with Gasteiger partial charge in [-0.05, 0) is 20.4 Å². The number of hydrogen-bond donors (Lipinski definition) is 1. The molecule has 2 nitrogen and oxygen atoms in total. The molecule has 0 rings (SSSR count). The van der Waals surface area contributed by atoms with Crippen molar-refractivity contribution in [1.82, 2.24) is 5.32 Å². The van der Waals surface area contributed by atoms with Crippen LogP contribution in [0.4, 0.5) is 17.6 Å². The van der Waals surface area contributed by atoms with Crippen LogP contribution in [0.2, 0.25) is 0 Å². The Bertz CT molecular complexity index is 240. The summed E-state index contributed by atoms with van der Waals surface area (Å²) in [5, 5.41) is 3.00. The fourth-order valence-electron chi connectivity index (χ4n) is 1.22. The number of likely N-dealkylation sites (N-methyl/N-ethyl adjacent to an activating group) is 1. The lowest BCUT2D eigenvalue weighted by Gasteiger charge is -2.18. The van der Waals surface area contributed by atoms with Gasteiger partial charge < -0.3 is 10.1 Å². The SMILES string of the molecule is CCNC(C=C(C)C)COCC(F)(F)C(F)F. The molecule has 0 aromatic heterocycles. The van der Waals surface area contributed by atoms with Gasteiger partial charge in [0.2, 0.25) is 0 Å². The lowest BCUT2D eigenvalue weighted by molar-refractivity contribution is -0.166. The molecule has 1 atom stereocenters. The van der Waals surface area contributed by atoms with E-state index in [1.807, 2.05) is 26.8 Å². The quantitative estimate of drug-likeness (QED) is 0.533. The first-order valence-electron chi connectivity index (χ1n) is 5.41. The number of hydrogen-bond acceptors (Lipinski definition) is 2. The molecule has 0 spiro atoms. The predicted octanol–water partition coefficient (Wildman–Crippen LogP) is 2.85. The number of allylic oxidation sites excluding steroid dienone is 1. The van der Waals surface area contributed by atoms with Crippen molar-refractivity contribution in [3.63, 3.8) is 0 Å². The monoisotopic (exact) mass is 257 g/mol. The zero-order chi connectivity index (χ0) is 13.5. The Kier molecular flexibility index (Phi) is 7.38. The van der Waals surface area contributed by atoms with Gasteiger partial charge in [-0.25, -0.2) is 8.78 Å². The van der Waals surface area contributed by atoms with Crippen LogP contribution in [0.3, 0.4) is 0 Å². The molecule has 17 heavy (non-hydrogen) atoms. The molecule has 6 heteroatoms. The zero-order valence-electron chi connectivity index (χ0n) is 10.3. The first-order valence-corrected chi connectivity index (χ1v) is 5.41. The molecule has 102 valence electrons. The lowest BCUT2D eigenvalue weighted by atomic mass is 10.2. The molecular weight excluding hydrogens is 238 g/mol.